The number of aryl methyl sites for hydroxylation is 1. The molecule has 5 aliphatic heterocycles. The predicted octanol–water partition coefficient (Wildman–Crippen LogP) is 7.74. The predicted molar refractivity (Wildman–Crippen MR) is 307 cm³/mol. The van der Waals surface area contributed by atoms with E-state index in [2.05, 4.69) is 62.4 Å². The molecule has 6 fully saturated rings. The van der Waals surface area contributed by atoms with Gasteiger partial charge in [0, 0.05) is 113 Å². The van der Waals surface area contributed by atoms with Crippen molar-refractivity contribution in [3.8, 4) is 33.3 Å². The van der Waals surface area contributed by atoms with Crippen molar-refractivity contribution in [1.29, 1.82) is 0 Å². The summed E-state index contributed by atoms with van der Waals surface area (Å²) in [5.74, 6) is 1.09. The van der Waals surface area contributed by atoms with Gasteiger partial charge in [0.05, 0.1) is 51.8 Å². The number of aliphatic hydroxyl groups is 1. The molecule has 2 aromatic carbocycles. The van der Waals surface area contributed by atoms with Crippen molar-refractivity contribution in [2.75, 3.05) is 66.2 Å². The number of nitrogen functional groups attached to an aromatic ring is 1. The molecule has 19 nitrogen and oxygen atoms in total. The number of carbonyl (C=O) groups is 2. The number of phenolic OH excluding ortho intramolecular Hbond substituents is 1. The second-order valence-electron chi connectivity index (χ2n) is 23.3. The maximum absolute atomic E-state index is 14.4. The van der Waals surface area contributed by atoms with Crippen LogP contribution in [0, 0.1) is 12.8 Å². The lowest BCUT2D eigenvalue weighted by Gasteiger charge is -2.44. The molecule has 80 heavy (non-hydrogen) atoms. The number of likely N-dealkylation sites (tertiary alicyclic amines) is 2. The largest absolute Gasteiger partial charge is 0.507 e. The van der Waals surface area contributed by atoms with E-state index >= 15 is 0 Å². The SMILES string of the molecule is Cc1ncsc1-c1ccc([C@H](C)NC(=O)[C@@H]2C[C@@H](O)CN2C(=O)[C@@H](c2cc(N3CCC(N4CCC(OC5CC(Oc6cc(N7C8CCC7CN(c7cc(-c9ccccc9O)nnc7N)C8)ccn6)C5)CC4)CC3)no2)C(C)C)cc1. The number of anilines is 4. The Bertz CT molecular complexity index is 3120. The van der Waals surface area contributed by atoms with Crippen LogP contribution in [0.3, 0.4) is 0 Å². The number of amides is 2. The average molecular weight is 1110 g/mol. The molecule has 6 aliphatic rings. The van der Waals surface area contributed by atoms with Crippen LogP contribution in [0.4, 0.5) is 23.0 Å². The van der Waals surface area contributed by atoms with Crippen LogP contribution in [0.2, 0.25) is 0 Å². The van der Waals surface area contributed by atoms with Gasteiger partial charge < -0.3 is 59.8 Å². The highest BCUT2D eigenvalue weighted by molar-refractivity contribution is 7.13. The number of phenols is 1. The number of piperidine rings is 2. The summed E-state index contributed by atoms with van der Waals surface area (Å²) in [6.45, 7) is 13.3. The average Bonchev–Trinajstić information content (AvgIpc) is 4.29. The lowest BCUT2D eigenvalue weighted by molar-refractivity contribution is -0.141. The molecular weight excluding hydrogens is 1030 g/mol. The number of benzene rings is 2. The normalized spacial score (nSPS) is 24.5. The minimum Gasteiger partial charge on any atom is -0.507 e. The van der Waals surface area contributed by atoms with E-state index in [0.717, 1.165) is 130 Å². The Kier molecular flexibility index (Phi) is 15.4. The number of piperazine rings is 1. The van der Waals surface area contributed by atoms with E-state index in [1.54, 1.807) is 23.5 Å². The van der Waals surface area contributed by atoms with E-state index < -0.39 is 18.1 Å². The fraction of sp³-hybridized carbons (Fsp3) is 0.517. The number of aromatic hydroxyl groups is 1. The maximum Gasteiger partial charge on any atom is 0.243 e. The zero-order valence-corrected chi connectivity index (χ0v) is 47.0. The Morgan fingerprint density at radius 1 is 0.812 bits per heavy atom. The van der Waals surface area contributed by atoms with E-state index in [0.29, 0.717) is 46.8 Å². The Balaban J connectivity index is 0.576. The number of carbonyl (C=O) groups excluding carboxylic acids is 2. The molecule has 2 amide bonds. The fourth-order valence-corrected chi connectivity index (χ4v) is 14.1. The van der Waals surface area contributed by atoms with E-state index in [-0.39, 0.29) is 60.8 Å². The van der Waals surface area contributed by atoms with Gasteiger partial charge >= 0.3 is 0 Å². The number of hydrogen-bond acceptors (Lipinski definition) is 18. The first-order valence-electron chi connectivity index (χ1n) is 28.8. The van der Waals surface area contributed by atoms with Crippen molar-refractivity contribution >= 4 is 46.2 Å². The number of nitrogens with two attached hydrogens (primary N) is 1. The Labute approximate surface area is 471 Å². The van der Waals surface area contributed by atoms with Crippen molar-refractivity contribution in [2.24, 2.45) is 5.92 Å². The smallest absolute Gasteiger partial charge is 0.243 e. The van der Waals surface area contributed by atoms with Gasteiger partial charge in [0.25, 0.3) is 0 Å². The van der Waals surface area contributed by atoms with E-state index in [4.69, 9.17) is 19.7 Å². The van der Waals surface area contributed by atoms with Gasteiger partial charge in [0.1, 0.15) is 23.8 Å². The number of pyridine rings is 1. The summed E-state index contributed by atoms with van der Waals surface area (Å²) in [7, 11) is 0. The molecule has 9 heterocycles. The molecular formula is C60H74N12O7S. The van der Waals surface area contributed by atoms with Gasteiger partial charge in [-0.05, 0) is 93.7 Å². The summed E-state index contributed by atoms with van der Waals surface area (Å²) in [6, 6.07) is 23.3. The van der Waals surface area contributed by atoms with E-state index in [9.17, 15) is 19.8 Å². The van der Waals surface area contributed by atoms with Crippen LogP contribution in [-0.2, 0) is 14.3 Å². The minimum atomic E-state index is -0.806. The van der Waals surface area contributed by atoms with Crippen molar-refractivity contribution in [2.45, 2.75) is 146 Å². The second kappa shape index (κ2) is 22.9. The van der Waals surface area contributed by atoms with Gasteiger partial charge in [-0.25, -0.2) is 9.97 Å². The number of thiazole rings is 1. The highest BCUT2D eigenvalue weighted by atomic mass is 32.1. The summed E-state index contributed by atoms with van der Waals surface area (Å²) in [6.07, 6.45) is 9.65. The standard InChI is InChI=1S/C60H74N12O7S/c1-35(2)56(60(76)71-33-44(73)26-51(71)59(75)64-36(3)38-9-11-39(12-10-38)57-37(4)63-34-80-57)53-30-54(67-79-53)69-21-16-40(17-22-69)68-23-18-45(19-24-68)77-46-27-47(28-46)78-55-25-41(15-20-62-55)72-42-13-14-43(72)32-70(31-42)50-29-49(65-66-58(50)61)48-7-5-6-8-52(48)74/h5-12,15,20,25,29-30,34-36,40,42-47,51,56,73-74H,13-14,16-19,21-24,26-28,31-33H2,1-4H3,(H2,61,66)(H,64,75)/t36-,42?,43?,44+,46?,47?,51-,56+/m0/s1. The van der Waals surface area contributed by atoms with Crippen molar-refractivity contribution in [3.63, 3.8) is 0 Å². The third kappa shape index (κ3) is 11.2. The molecule has 2 bridgehead atoms. The Morgan fingerprint density at radius 2 is 1.56 bits per heavy atom. The van der Waals surface area contributed by atoms with Crippen molar-refractivity contribution in [3.05, 3.63) is 102 Å². The highest BCUT2D eigenvalue weighted by Gasteiger charge is 2.45. The first kappa shape index (κ1) is 53.8. The lowest BCUT2D eigenvalue weighted by Crippen LogP contribution is -2.54. The molecule has 5 N–H and O–H groups in total. The lowest BCUT2D eigenvalue weighted by atomic mass is 9.91. The molecule has 4 aromatic heterocycles. The number of ether oxygens (including phenoxy) is 2. The van der Waals surface area contributed by atoms with Crippen LogP contribution in [0.1, 0.15) is 108 Å². The van der Waals surface area contributed by atoms with Gasteiger partial charge in [-0.2, -0.15) is 0 Å². The second-order valence-corrected chi connectivity index (χ2v) is 24.2. The number of aliphatic hydroxyl groups excluding tert-OH is 1. The summed E-state index contributed by atoms with van der Waals surface area (Å²) in [5, 5.41) is 37.5. The van der Waals surface area contributed by atoms with Crippen LogP contribution in [0.25, 0.3) is 21.7 Å². The van der Waals surface area contributed by atoms with Gasteiger partial charge in [0.15, 0.2) is 17.4 Å². The van der Waals surface area contributed by atoms with Crippen LogP contribution in [0.15, 0.2) is 89.0 Å². The zero-order chi connectivity index (χ0) is 55.2. The first-order valence-corrected chi connectivity index (χ1v) is 29.7. The molecule has 20 heteroatoms. The summed E-state index contributed by atoms with van der Waals surface area (Å²) in [4.78, 5) is 49.6. The molecule has 1 aliphatic carbocycles. The molecule has 6 atom stereocenters. The summed E-state index contributed by atoms with van der Waals surface area (Å²) < 4.78 is 19.1. The minimum absolute atomic E-state index is 0.0774. The third-order valence-electron chi connectivity index (χ3n) is 17.7. The number of nitrogens with zero attached hydrogens (tertiary/aromatic N) is 10. The maximum atomic E-state index is 14.4. The number of fused-ring (bicyclic) bond motifs is 2. The van der Waals surface area contributed by atoms with E-state index in [1.165, 1.54) is 4.90 Å². The van der Waals surface area contributed by atoms with Crippen LogP contribution in [0.5, 0.6) is 11.6 Å². The topological polar surface area (TPSA) is 225 Å². The zero-order valence-electron chi connectivity index (χ0n) is 46.1. The molecule has 12 rings (SSSR count). The molecule has 1 saturated carbocycles. The Morgan fingerprint density at radius 3 is 2.27 bits per heavy atom. The summed E-state index contributed by atoms with van der Waals surface area (Å²) in [5.41, 5.74) is 14.5. The molecule has 2 unspecified atom stereocenters. The molecule has 0 spiro atoms. The van der Waals surface area contributed by atoms with Gasteiger partial charge in [-0.3, -0.25) is 9.59 Å². The number of rotatable bonds is 16. The number of para-hydroxylation sites is 1. The van der Waals surface area contributed by atoms with Crippen LogP contribution in [-0.4, -0.2) is 152 Å². The van der Waals surface area contributed by atoms with E-state index in [1.807, 2.05) is 87.9 Å². The quantitative estimate of drug-likeness (QED) is 0.0727. The highest BCUT2D eigenvalue weighted by Crippen LogP contribution is 2.41. The number of hydrogen-bond donors (Lipinski definition) is 4. The van der Waals surface area contributed by atoms with Crippen molar-refractivity contribution in [1.82, 2.24) is 40.4 Å². The monoisotopic (exact) mass is 1110 g/mol. The van der Waals surface area contributed by atoms with Crippen LogP contribution < -0.4 is 30.5 Å². The van der Waals surface area contributed by atoms with Crippen LogP contribution >= 0.6 is 11.3 Å². The fourth-order valence-electron chi connectivity index (χ4n) is 13.3. The summed E-state index contributed by atoms with van der Waals surface area (Å²) >= 11 is 1.60. The number of β-amino-alcohol motifs (C(OH)–C–C–N with tert-alkyl or cyclic N) is 1. The van der Waals surface area contributed by atoms with Gasteiger partial charge in [0.2, 0.25) is 17.7 Å². The molecule has 6 aromatic rings. The first-order chi connectivity index (χ1) is 38.8. The Hall–Kier alpha value is -6.87. The van der Waals surface area contributed by atoms with Crippen molar-refractivity contribution < 1.29 is 33.8 Å². The van der Waals surface area contributed by atoms with Gasteiger partial charge in [-0.15, -0.1) is 21.5 Å². The third-order valence-corrected chi connectivity index (χ3v) is 18.7. The van der Waals surface area contributed by atoms with Gasteiger partial charge in [-0.1, -0.05) is 55.4 Å². The number of aromatic nitrogens is 5. The molecule has 0 radical (unpaired) electrons. The number of nitrogens with one attached hydrogen (secondary N) is 1. The molecule has 5 saturated heterocycles. The molecule has 422 valence electrons.